The smallest absolute Gasteiger partial charge is 0.0305 e. The molecule has 78 valence electrons. The number of nitrogens with two attached hydrogens (primary N) is 1. The predicted molar refractivity (Wildman–Crippen MR) is 56.3 cm³/mol. The molecule has 1 heterocycles. The molecule has 0 radical (unpaired) electrons. The van der Waals surface area contributed by atoms with Gasteiger partial charge in [0.2, 0.25) is 0 Å². The third kappa shape index (κ3) is 4.07. The summed E-state index contributed by atoms with van der Waals surface area (Å²) in [5.41, 5.74) is 5.88. The number of rotatable bonds is 3. The van der Waals surface area contributed by atoms with Gasteiger partial charge in [0.05, 0.1) is 0 Å². The maximum absolute atomic E-state index is 5.97. The summed E-state index contributed by atoms with van der Waals surface area (Å²) in [5.74, 6) is 0. The normalized spacial score (nSPS) is 21.0. The maximum atomic E-state index is 5.97. The van der Waals surface area contributed by atoms with E-state index in [9.17, 15) is 0 Å². The van der Waals surface area contributed by atoms with E-state index in [1.165, 1.54) is 32.4 Å². The molecule has 1 saturated heterocycles. The summed E-state index contributed by atoms with van der Waals surface area (Å²) in [7, 11) is 2.14. The third-order valence-electron chi connectivity index (χ3n) is 2.45. The summed E-state index contributed by atoms with van der Waals surface area (Å²) in [6.07, 6.45) is 4.04. The number of hydrogen-bond donors (Lipinski definition) is 1. The molecule has 3 heteroatoms. The van der Waals surface area contributed by atoms with Gasteiger partial charge in [-0.3, -0.25) is 0 Å². The lowest BCUT2D eigenvalue weighted by molar-refractivity contribution is -0.0279. The first kappa shape index (κ1) is 11.0. The van der Waals surface area contributed by atoms with Crippen LogP contribution in [0, 0.1) is 0 Å². The summed E-state index contributed by atoms with van der Waals surface area (Å²) in [4.78, 5) is 0. The Balaban J connectivity index is 2.33. The van der Waals surface area contributed by atoms with Crippen LogP contribution in [0.25, 0.3) is 0 Å². The fourth-order valence-corrected chi connectivity index (χ4v) is 1.91. The van der Waals surface area contributed by atoms with Crippen molar-refractivity contribution in [2.45, 2.75) is 38.6 Å². The minimum absolute atomic E-state index is 0.0911. The van der Waals surface area contributed by atoms with Crippen molar-refractivity contribution in [3.8, 4) is 0 Å². The van der Waals surface area contributed by atoms with Gasteiger partial charge in [0.15, 0.2) is 0 Å². The molecular weight excluding hydrogens is 162 g/mol. The molecule has 1 fully saturated rings. The fraction of sp³-hybridized carbons (Fsp3) is 1.00. The minimum atomic E-state index is -0.0911. The van der Waals surface area contributed by atoms with Crippen LogP contribution in [-0.4, -0.2) is 42.2 Å². The molecule has 0 aromatic carbocycles. The van der Waals surface area contributed by atoms with Gasteiger partial charge >= 0.3 is 0 Å². The average molecular weight is 185 g/mol. The summed E-state index contributed by atoms with van der Waals surface area (Å²) in [6.45, 7) is 7.49. The Hall–Kier alpha value is -0.120. The van der Waals surface area contributed by atoms with E-state index in [4.69, 9.17) is 5.73 Å². The third-order valence-corrected chi connectivity index (χ3v) is 2.45. The highest BCUT2D eigenvalue weighted by Crippen LogP contribution is 2.11. The molecule has 1 rings (SSSR count). The summed E-state index contributed by atoms with van der Waals surface area (Å²) < 4.78 is 0. The van der Waals surface area contributed by atoms with E-state index in [1.54, 1.807) is 0 Å². The zero-order valence-corrected chi connectivity index (χ0v) is 9.21. The number of hydrogen-bond acceptors (Lipinski definition) is 3. The lowest BCUT2D eigenvalue weighted by atomic mass is 10.1. The lowest BCUT2D eigenvalue weighted by Crippen LogP contribution is -2.52. The van der Waals surface area contributed by atoms with Crippen molar-refractivity contribution in [1.82, 2.24) is 10.0 Å². The van der Waals surface area contributed by atoms with E-state index in [2.05, 4.69) is 30.9 Å². The maximum Gasteiger partial charge on any atom is 0.0305 e. The first-order valence-electron chi connectivity index (χ1n) is 5.24. The van der Waals surface area contributed by atoms with Crippen LogP contribution in [0.2, 0.25) is 0 Å². The SMILES string of the molecule is CN(CC(C)(C)N)N1CCCCC1. The average Bonchev–Trinajstić information content (AvgIpc) is 2.03. The van der Waals surface area contributed by atoms with E-state index in [0.717, 1.165) is 6.54 Å². The van der Waals surface area contributed by atoms with Gasteiger partial charge in [0.1, 0.15) is 0 Å². The van der Waals surface area contributed by atoms with Crippen molar-refractivity contribution in [2.24, 2.45) is 5.73 Å². The van der Waals surface area contributed by atoms with Crippen LogP contribution in [0.4, 0.5) is 0 Å². The molecular formula is C10H23N3. The number of piperidine rings is 1. The van der Waals surface area contributed by atoms with Gasteiger partial charge in [-0.05, 0) is 26.7 Å². The van der Waals surface area contributed by atoms with Crippen molar-refractivity contribution in [3.63, 3.8) is 0 Å². The highest BCUT2D eigenvalue weighted by molar-refractivity contribution is 4.75. The largest absolute Gasteiger partial charge is 0.324 e. The van der Waals surface area contributed by atoms with Gasteiger partial charge in [0, 0.05) is 32.2 Å². The summed E-state index contributed by atoms with van der Waals surface area (Å²) >= 11 is 0. The molecule has 1 aliphatic heterocycles. The Kier molecular flexibility index (Phi) is 3.71. The molecule has 0 aromatic rings. The van der Waals surface area contributed by atoms with Gasteiger partial charge in [-0.1, -0.05) is 6.42 Å². The number of likely N-dealkylation sites (N-methyl/N-ethyl adjacent to an activating group) is 1. The first-order chi connectivity index (χ1) is 5.99. The Morgan fingerprint density at radius 1 is 1.23 bits per heavy atom. The lowest BCUT2D eigenvalue weighted by Gasteiger charge is -2.38. The van der Waals surface area contributed by atoms with E-state index in [0.29, 0.717) is 0 Å². The van der Waals surface area contributed by atoms with E-state index in [1.807, 2.05) is 0 Å². The number of hydrazine groups is 1. The van der Waals surface area contributed by atoms with Crippen LogP contribution in [0.15, 0.2) is 0 Å². The molecule has 0 saturated carbocycles. The highest BCUT2D eigenvalue weighted by Gasteiger charge is 2.20. The van der Waals surface area contributed by atoms with E-state index >= 15 is 0 Å². The highest BCUT2D eigenvalue weighted by atomic mass is 15.6. The van der Waals surface area contributed by atoms with Crippen molar-refractivity contribution in [2.75, 3.05) is 26.7 Å². The van der Waals surface area contributed by atoms with Crippen LogP contribution >= 0.6 is 0 Å². The molecule has 0 bridgehead atoms. The molecule has 0 aliphatic carbocycles. The molecule has 0 atom stereocenters. The number of nitrogens with zero attached hydrogens (tertiary/aromatic N) is 2. The van der Waals surface area contributed by atoms with E-state index in [-0.39, 0.29) is 5.54 Å². The van der Waals surface area contributed by atoms with Crippen LogP contribution in [-0.2, 0) is 0 Å². The molecule has 1 aliphatic rings. The second-order valence-corrected chi connectivity index (χ2v) is 4.82. The van der Waals surface area contributed by atoms with Crippen molar-refractivity contribution in [1.29, 1.82) is 0 Å². The minimum Gasteiger partial charge on any atom is -0.324 e. The first-order valence-corrected chi connectivity index (χ1v) is 5.24. The Bertz CT molecular complexity index is 145. The van der Waals surface area contributed by atoms with Crippen LogP contribution < -0.4 is 5.73 Å². The van der Waals surface area contributed by atoms with Gasteiger partial charge < -0.3 is 5.73 Å². The van der Waals surface area contributed by atoms with Crippen molar-refractivity contribution >= 4 is 0 Å². The van der Waals surface area contributed by atoms with Crippen molar-refractivity contribution < 1.29 is 0 Å². The summed E-state index contributed by atoms with van der Waals surface area (Å²) in [6, 6.07) is 0. The molecule has 0 amide bonds. The molecule has 0 aromatic heterocycles. The van der Waals surface area contributed by atoms with Crippen LogP contribution in [0.5, 0.6) is 0 Å². The monoisotopic (exact) mass is 185 g/mol. The fourth-order valence-electron chi connectivity index (χ4n) is 1.91. The van der Waals surface area contributed by atoms with Crippen LogP contribution in [0.1, 0.15) is 33.1 Å². The quantitative estimate of drug-likeness (QED) is 0.713. The van der Waals surface area contributed by atoms with Crippen LogP contribution in [0.3, 0.4) is 0 Å². The second-order valence-electron chi connectivity index (χ2n) is 4.82. The molecule has 0 spiro atoms. The van der Waals surface area contributed by atoms with Gasteiger partial charge in [-0.2, -0.15) is 0 Å². The van der Waals surface area contributed by atoms with Gasteiger partial charge in [-0.25, -0.2) is 10.0 Å². The molecule has 0 unspecified atom stereocenters. The van der Waals surface area contributed by atoms with Gasteiger partial charge in [-0.15, -0.1) is 0 Å². The zero-order chi connectivity index (χ0) is 9.90. The van der Waals surface area contributed by atoms with E-state index < -0.39 is 0 Å². The van der Waals surface area contributed by atoms with Crippen molar-refractivity contribution in [3.05, 3.63) is 0 Å². The summed E-state index contributed by atoms with van der Waals surface area (Å²) in [5, 5.41) is 4.69. The molecule has 3 nitrogen and oxygen atoms in total. The molecule has 2 N–H and O–H groups in total. The topological polar surface area (TPSA) is 32.5 Å². The standard InChI is InChI=1S/C10H23N3/c1-10(2,11)9-12(3)13-7-5-4-6-8-13/h4-9,11H2,1-3H3. The zero-order valence-electron chi connectivity index (χ0n) is 9.21. The Morgan fingerprint density at radius 3 is 2.23 bits per heavy atom. The Labute approximate surface area is 81.8 Å². The predicted octanol–water partition coefficient (Wildman–Crippen LogP) is 1.06. The Morgan fingerprint density at radius 2 is 1.77 bits per heavy atom. The van der Waals surface area contributed by atoms with Gasteiger partial charge in [0.25, 0.3) is 0 Å². The molecule has 13 heavy (non-hydrogen) atoms. The second kappa shape index (κ2) is 4.40.